The number of hydrogen-bond acceptors (Lipinski definition) is 6. The van der Waals surface area contributed by atoms with Gasteiger partial charge in [0, 0.05) is 6.07 Å². The van der Waals surface area contributed by atoms with Crippen LogP contribution in [0.3, 0.4) is 0 Å². The quantitative estimate of drug-likeness (QED) is 0.188. The van der Waals surface area contributed by atoms with Gasteiger partial charge >= 0.3 is 0 Å². The zero-order valence-corrected chi connectivity index (χ0v) is 20.7. The minimum absolute atomic E-state index is 0.239. The average molecular weight is 507 g/mol. The van der Waals surface area contributed by atoms with Gasteiger partial charge in [-0.1, -0.05) is 30.3 Å². The minimum Gasteiger partial charge on any atom is -0.491 e. The van der Waals surface area contributed by atoms with Gasteiger partial charge in [-0.15, -0.1) is 0 Å². The number of hydrogen-bond donors (Lipinski definition) is 0. The molecular formula is C32H26O6. The predicted octanol–water partition coefficient (Wildman–Crippen LogP) is 7.13. The first-order valence-electron chi connectivity index (χ1n) is 12.8. The van der Waals surface area contributed by atoms with Crippen molar-refractivity contribution in [2.45, 2.75) is 12.2 Å². The monoisotopic (exact) mass is 506 g/mol. The number of epoxide rings is 2. The summed E-state index contributed by atoms with van der Waals surface area (Å²) in [6.07, 6.45) is 0.478. The van der Waals surface area contributed by atoms with Gasteiger partial charge < -0.3 is 28.4 Å². The maximum absolute atomic E-state index is 6.16. The summed E-state index contributed by atoms with van der Waals surface area (Å²) < 4.78 is 34.3. The lowest BCUT2D eigenvalue weighted by Crippen LogP contribution is -2.03. The van der Waals surface area contributed by atoms with Crippen LogP contribution in [0.5, 0.6) is 34.5 Å². The Bertz CT molecular complexity index is 1490. The summed E-state index contributed by atoms with van der Waals surface area (Å²) in [4.78, 5) is 0. The van der Waals surface area contributed by atoms with Crippen LogP contribution in [0, 0.1) is 0 Å². The second-order valence-corrected chi connectivity index (χ2v) is 9.55. The SMILES string of the molecule is c1cc(Oc2ccc3cc(OCC4CO4)ccc3c2)cc(Oc2ccc3cc(OCC4CO4)ccc3c2)c1. The lowest BCUT2D eigenvalue weighted by atomic mass is 10.1. The molecule has 5 aromatic rings. The molecule has 0 spiro atoms. The molecule has 0 bridgehead atoms. The molecule has 2 heterocycles. The van der Waals surface area contributed by atoms with E-state index in [9.17, 15) is 0 Å². The molecule has 0 aliphatic carbocycles. The van der Waals surface area contributed by atoms with Crippen LogP contribution in [0.1, 0.15) is 0 Å². The van der Waals surface area contributed by atoms with Gasteiger partial charge in [-0.3, -0.25) is 0 Å². The van der Waals surface area contributed by atoms with E-state index in [4.69, 9.17) is 28.4 Å². The van der Waals surface area contributed by atoms with Gasteiger partial charge in [0.1, 0.15) is 59.9 Å². The fraction of sp³-hybridized carbons (Fsp3) is 0.188. The molecule has 6 nitrogen and oxygen atoms in total. The van der Waals surface area contributed by atoms with E-state index in [1.54, 1.807) is 0 Å². The number of rotatable bonds is 10. The van der Waals surface area contributed by atoms with Gasteiger partial charge in [-0.2, -0.15) is 0 Å². The van der Waals surface area contributed by atoms with Crippen molar-refractivity contribution in [2.24, 2.45) is 0 Å². The molecular weight excluding hydrogens is 480 g/mol. The Labute approximate surface area is 220 Å². The molecule has 7 rings (SSSR count). The molecule has 0 aromatic heterocycles. The standard InChI is InChI=1S/C32H26O6/c1-2-27(37-29-10-6-21-12-25(8-4-23(21)14-29)33-17-31-19-35-31)16-28(3-1)38-30-11-7-22-13-26(9-5-24(22)15-30)34-18-32-20-36-32/h1-16,31-32H,17-20H2. The summed E-state index contributed by atoms with van der Waals surface area (Å²) in [5, 5.41) is 4.34. The fourth-order valence-corrected chi connectivity index (χ4v) is 4.29. The Morgan fingerprint density at radius 3 is 1.26 bits per heavy atom. The van der Waals surface area contributed by atoms with E-state index in [1.165, 1.54) is 0 Å². The van der Waals surface area contributed by atoms with E-state index in [2.05, 4.69) is 0 Å². The third-order valence-electron chi connectivity index (χ3n) is 6.52. The summed E-state index contributed by atoms with van der Waals surface area (Å²) in [5.74, 6) is 4.61. The molecule has 0 amide bonds. The molecule has 2 aliphatic heterocycles. The first-order valence-corrected chi connectivity index (χ1v) is 12.8. The largest absolute Gasteiger partial charge is 0.491 e. The van der Waals surface area contributed by atoms with Crippen LogP contribution in [-0.4, -0.2) is 38.6 Å². The van der Waals surface area contributed by atoms with Crippen molar-refractivity contribution < 1.29 is 28.4 Å². The van der Waals surface area contributed by atoms with Crippen molar-refractivity contribution in [3.63, 3.8) is 0 Å². The molecule has 0 saturated carbocycles. The highest BCUT2D eigenvalue weighted by atomic mass is 16.6. The van der Waals surface area contributed by atoms with Crippen molar-refractivity contribution >= 4 is 21.5 Å². The molecule has 0 radical (unpaired) electrons. The highest BCUT2D eigenvalue weighted by molar-refractivity contribution is 5.86. The summed E-state index contributed by atoms with van der Waals surface area (Å²) in [5.41, 5.74) is 0. The molecule has 2 fully saturated rings. The van der Waals surface area contributed by atoms with Gasteiger partial charge in [-0.05, 0) is 82.2 Å². The van der Waals surface area contributed by atoms with Gasteiger partial charge in [0.2, 0.25) is 0 Å². The summed E-state index contributed by atoms with van der Waals surface area (Å²) in [6.45, 7) is 2.76. The van der Waals surface area contributed by atoms with Crippen LogP contribution in [-0.2, 0) is 9.47 Å². The number of benzene rings is 5. The first-order chi connectivity index (χ1) is 18.7. The Hall–Kier alpha value is -4.26. The third-order valence-corrected chi connectivity index (χ3v) is 6.52. The normalized spacial score (nSPS) is 17.8. The van der Waals surface area contributed by atoms with Crippen LogP contribution in [0.15, 0.2) is 97.1 Å². The second-order valence-electron chi connectivity index (χ2n) is 9.55. The molecule has 6 heteroatoms. The smallest absolute Gasteiger partial charge is 0.131 e. The van der Waals surface area contributed by atoms with E-state index in [1.807, 2.05) is 97.1 Å². The van der Waals surface area contributed by atoms with E-state index < -0.39 is 0 Å². The van der Waals surface area contributed by atoms with Crippen molar-refractivity contribution in [1.29, 1.82) is 0 Å². The maximum Gasteiger partial charge on any atom is 0.131 e. The number of fused-ring (bicyclic) bond motifs is 2. The highest BCUT2D eigenvalue weighted by Crippen LogP contribution is 2.33. The lowest BCUT2D eigenvalue weighted by Gasteiger charge is -2.11. The van der Waals surface area contributed by atoms with Gasteiger partial charge in [0.15, 0.2) is 0 Å². The molecule has 5 aromatic carbocycles. The molecule has 190 valence electrons. The predicted molar refractivity (Wildman–Crippen MR) is 145 cm³/mol. The maximum atomic E-state index is 6.16. The molecule has 2 aliphatic rings. The molecule has 38 heavy (non-hydrogen) atoms. The van der Waals surface area contributed by atoms with E-state index >= 15 is 0 Å². The van der Waals surface area contributed by atoms with Crippen LogP contribution in [0.2, 0.25) is 0 Å². The molecule has 2 saturated heterocycles. The third kappa shape index (κ3) is 5.52. The Kier molecular flexibility index (Phi) is 5.96. The Balaban J connectivity index is 1.02. The molecule has 0 N–H and O–H groups in total. The Morgan fingerprint density at radius 1 is 0.474 bits per heavy atom. The van der Waals surface area contributed by atoms with Crippen LogP contribution in [0.25, 0.3) is 21.5 Å². The van der Waals surface area contributed by atoms with Crippen molar-refractivity contribution in [3.05, 3.63) is 97.1 Å². The second kappa shape index (κ2) is 9.89. The van der Waals surface area contributed by atoms with E-state index in [0.29, 0.717) is 24.7 Å². The first kappa shape index (κ1) is 22.9. The zero-order chi connectivity index (χ0) is 25.3. The van der Waals surface area contributed by atoms with Crippen LogP contribution >= 0.6 is 0 Å². The Morgan fingerprint density at radius 2 is 0.842 bits per heavy atom. The lowest BCUT2D eigenvalue weighted by molar-refractivity contribution is 0.263. The highest BCUT2D eigenvalue weighted by Gasteiger charge is 2.23. The van der Waals surface area contributed by atoms with Gasteiger partial charge in [0.05, 0.1) is 13.2 Å². The zero-order valence-electron chi connectivity index (χ0n) is 20.7. The summed E-state index contributed by atoms with van der Waals surface area (Å²) >= 11 is 0. The van der Waals surface area contributed by atoms with Gasteiger partial charge in [-0.25, -0.2) is 0 Å². The topological polar surface area (TPSA) is 62.0 Å². The van der Waals surface area contributed by atoms with Crippen molar-refractivity contribution in [2.75, 3.05) is 26.4 Å². The van der Waals surface area contributed by atoms with Crippen LogP contribution in [0.4, 0.5) is 0 Å². The van der Waals surface area contributed by atoms with E-state index in [0.717, 1.165) is 57.8 Å². The molecule has 2 atom stereocenters. The fourth-order valence-electron chi connectivity index (χ4n) is 4.29. The average Bonchev–Trinajstić information content (AvgIpc) is 3.86. The van der Waals surface area contributed by atoms with E-state index in [-0.39, 0.29) is 12.2 Å². The van der Waals surface area contributed by atoms with Gasteiger partial charge in [0.25, 0.3) is 0 Å². The van der Waals surface area contributed by atoms with Crippen LogP contribution < -0.4 is 18.9 Å². The minimum atomic E-state index is 0.239. The van der Waals surface area contributed by atoms with Crippen molar-refractivity contribution in [3.8, 4) is 34.5 Å². The molecule has 2 unspecified atom stereocenters. The van der Waals surface area contributed by atoms with Crippen molar-refractivity contribution in [1.82, 2.24) is 0 Å². The summed E-state index contributed by atoms with van der Waals surface area (Å²) in [6, 6.07) is 31.8. The number of ether oxygens (including phenoxy) is 6. The summed E-state index contributed by atoms with van der Waals surface area (Å²) in [7, 11) is 0.